The molecule has 0 fully saturated rings. The highest BCUT2D eigenvalue weighted by molar-refractivity contribution is 5.97. The summed E-state index contributed by atoms with van der Waals surface area (Å²) in [6.45, 7) is 0.674. The minimum atomic E-state index is 0.142. The Hall–Kier alpha value is -2.49. The van der Waals surface area contributed by atoms with E-state index in [4.69, 9.17) is 10.5 Å². The summed E-state index contributed by atoms with van der Waals surface area (Å²) in [6, 6.07) is 18.3. The van der Waals surface area contributed by atoms with Gasteiger partial charge >= 0.3 is 0 Å². The van der Waals surface area contributed by atoms with Crippen molar-refractivity contribution in [1.82, 2.24) is 0 Å². The molecule has 0 amide bonds. The van der Waals surface area contributed by atoms with Crippen LogP contribution in [0.5, 0.6) is 5.75 Å². The number of nitrogens with two attached hydrogens (primary N) is 1. The molecule has 0 saturated carbocycles. The van der Waals surface area contributed by atoms with Gasteiger partial charge in [-0.3, -0.25) is 4.99 Å². The van der Waals surface area contributed by atoms with Crippen LogP contribution in [0.25, 0.3) is 0 Å². The summed E-state index contributed by atoms with van der Waals surface area (Å²) in [5.41, 5.74) is 8.29. The first kappa shape index (κ1) is 12.5. The van der Waals surface area contributed by atoms with Crippen LogP contribution in [0.4, 0.5) is 5.69 Å². The molecular weight excluding hydrogens is 250 g/mol. The molecule has 0 aliphatic carbocycles. The Bertz CT molecular complexity index is 607. The van der Waals surface area contributed by atoms with Crippen LogP contribution in [0.15, 0.2) is 59.6 Å². The van der Waals surface area contributed by atoms with Gasteiger partial charge in [0.15, 0.2) is 5.96 Å². The molecule has 4 nitrogen and oxygen atoms in total. The average Bonchev–Trinajstić information content (AvgIpc) is 2.90. The van der Waals surface area contributed by atoms with Crippen molar-refractivity contribution < 1.29 is 4.74 Å². The van der Waals surface area contributed by atoms with Gasteiger partial charge in [-0.25, -0.2) is 0 Å². The minimum Gasteiger partial charge on any atom is -0.497 e. The van der Waals surface area contributed by atoms with E-state index in [0.717, 1.165) is 11.4 Å². The number of benzene rings is 2. The van der Waals surface area contributed by atoms with Crippen molar-refractivity contribution in [1.29, 1.82) is 0 Å². The van der Waals surface area contributed by atoms with Crippen molar-refractivity contribution in [3.8, 4) is 5.75 Å². The number of guanidine groups is 1. The second-order valence-electron chi connectivity index (χ2n) is 4.69. The Labute approximate surface area is 118 Å². The van der Waals surface area contributed by atoms with Crippen LogP contribution in [0.1, 0.15) is 11.6 Å². The quantitative estimate of drug-likeness (QED) is 0.930. The number of nitrogens with zero attached hydrogens (tertiary/aromatic N) is 2. The molecular formula is C16H17N3O. The van der Waals surface area contributed by atoms with Crippen molar-refractivity contribution in [2.75, 3.05) is 18.6 Å². The zero-order chi connectivity index (χ0) is 13.9. The van der Waals surface area contributed by atoms with E-state index in [-0.39, 0.29) is 6.04 Å². The van der Waals surface area contributed by atoms with Crippen molar-refractivity contribution >= 4 is 11.6 Å². The van der Waals surface area contributed by atoms with Crippen LogP contribution in [0.3, 0.4) is 0 Å². The molecule has 1 unspecified atom stereocenters. The number of para-hydroxylation sites is 1. The minimum absolute atomic E-state index is 0.142. The third-order valence-electron chi connectivity index (χ3n) is 3.52. The molecule has 1 aliphatic rings. The Kier molecular flexibility index (Phi) is 3.29. The maximum atomic E-state index is 6.05. The molecule has 4 heteroatoms. The van der Waals surface area contributed by atoms with Crippen LogP contribution >= 0.6 is 0 Å². The molecule has 20 heavy (non-hydrogen) atoms. The summed E-state index contributed by atoms with van der Waals surface area (Å²) < 4.78 is 5.20. The highest BCUT2D eigenvalue weighted by Crippen LogP contribution is 2.31. The molecule has 1 aliphatic heterocycles. The van der Waals surface area contributed by atoms with Gasteiger partial charge in [0.25, 0.3) is 0 Å². The summed E-state index contributed by atoms with van der Waals surface area (Å²) in [7, 11) is 1.67. The molecule has 3 rings (SSSR count). The molecule has 2 aromatic rings. The number of hydrogen-bond donors (Lipinski definition) is 1. The Morgan fingerprint density at radius 1 is 1.10 bits per heavy atom. The fourth-order valence-corrected chi connectivity index (χ4v) is 2.48. The highest BCUT2D eigenvalue weighted by Gasteiger charge is 2.28. The zero-order valence-electron chi connectivity index (χ0n) is 11.4. The van der Waals surface area contributed by atoms with Crippen molar-refractivity contribution in [2.45, 2.75) is 6.04 Å². The Morgan fingerprint density at radius 3 is 2.45 bits per heavy atom. The first-order valence-corrected chi connectivity index (χ1v) is 6.58. The van der Waals surface area contributed by atoms with Gasteiger partial charge < -0.3 is 15.4 Å². The summed E-state index contributed by atoms with van der Waals surface area (Å²) in [5.74, 6) is 1.42. The lowest BCUT2D eigenvalue weighted by atomic mass is 10.1. The van der Waals surface area contributed by atoms with Gasteiger partial charge in [-0.15, -0.1) is 0 Å². The van der Waals surface area contributed by atoms with Gasteiger partial charge in [0, 0.05) is 5.69 Å². The van der Waals surface area contributed by atoms with E-state index < -0.39 is 0 Å². The van der Waals surface area contributed by atoms with Gasteiger partial charge in [0.1, 0.15) is 5.75 Å². The van der Waals surface area contributed by atoms with Gasteiger partial charge in [0.05, 0.1) is 19.7 Å². The van der Waals surface area contributed by atoms with E-state index in [0.29, 0.717) is 12.5 Å². The lowest BCUT2D eigenvalue weighted by Gasteiger charge is -2.26. The van der Waals surface area contributed by atoms with Crippen LogP contribution in [0, 0.1) is 0 Å². The van der Waals surface area contributed by atoms with E-state index in [1.54, 1.807) is 7.11 Å². The van der Waals surface area contributed by atoms with Crippen LogP contribution in [0.2, 0.25) is 0 Å². The van der Waals surface area contributed by atoms with Gasteiger partial charge in [0.2, 0.25) is 0 Å². The maximum absolute atomic E-state index is 6.05. The van der Waals surface area contributed by atoms with E-state index in [2.05, 4.69) is 22.0 Å². The topological polar surface area (TPSA) is 50.9 Å². The second kappa shape index (κ2) is 5.25. The van der Waals surface area contributed by atoms with E-state index >= 15 is 0 Å². The predicted molar refractivity (Wildman–Crippen MR) is 81.1 cm³/mol. The first-order valence-electron chi connectivity index (χ1n) is 6.58. The smallest absolute Gasteiger partial charge is 0.196 e. The van der Waals surface area contributed by atoms with Crippen molar-refractivity contribution in [2.24, 2.45) is 10.7 Å². The molecule has 0 bridgehead atoms. The number of ether oxygens (including phenoxy) is 1. The summed E-state index contributed by atoms with van der Waals surface area (Å²) in [6.07, 6.45) is 0. The molecule has 0 aromatic heterocycles. The average molecular weight is 267 g/mol. The van der Waals surface area contributed by atoms with Crippen LogP contribution in [-0.4, -0.2) is 19.6 Å². The molecule has 2 N–H and O–H groups in total. The third kappa shape index (κ3) is 2.20. The molecule has 0 saturated heterocycles. The molecule has 1 atom stereocenters. The van der Waals surface area contributed by atoms with Gasteiger partial charge in [-0.1, -0.05) is 30.3 Å². The van der Waals surface area contributed by atoms with E-state index in [1.807, 2.05) is 42.5 Å². The highest BCUT2D eigenvalue weighted by atomic mass is 16.5. The van der Waals surface area contributed by atoms with Crippen LogP contribution in [-0.2, 0) is 0 Å². The fourth-order valence-electron chi connectivity index (χ4n) is 2.48. The molecule has 0 radical (unpaired) electrons. The molecule has 102 valence electrons. The molecule has 2 aromatic carbocycles. The predicted octanol–water partition coefficient (Wildman–Crippen LogP) is 2.57. The van der Waals surface area contributed by atoms with Gasteiger partial charge in [-0.2, -0.15) is 0 Å². The lowest BCUT2D eigenvalue weighted by molar-refractivity contribution is 0.414. The SMILES string of the molecule is COc1ccc(C2CN=C(N)N2c2ccccc2)cc1. The summed E-state index contributed by atoms with van der Waals surface area (Å²) in [5, 5.41) is 0. The number of aliphatic imine (C=N–C) groups is 1. The van der Waals surface area contributed by atoms with Crippen molar-refractivity contribution in [3.63, 3.8) is 0 Å². The van der Waals surface area contributed by atoms with E-state index in [1.165, 1.54) is 5.56 Å². The normalized spacial score (nSPS) is 17.9. The molecule has 1 heterocycles. The largest absolute Gasteiger partial charge is 0.497 e. The summed E-state index contributed by atoms with van der Waals surface area (Å²) >= 11 is 0. The second-order valence-corrected chi connectivity index (χ2v) is 4.69. The zero-order valence-corrected chi connectivity index (χ0v) is 11.4. The van der Waals surface area contributed by atoms with Crippen LogP contribution < -0.4 is 15.4 Å². The maximum Gasteiger partial charge on any atom is 0.196 e. The van der Waals surface area contributed by atoms with Crippen molar-refractivity contribution in [3.05, 3.63) is 60.2 Å². The fraction of sp³-hybridized carbons (Fsp3) is 0.188. The number of hydrogen-bond acceptors (Lipinski definition) is 4. The number of anilines is 1. The monoisotopic (exact) mass is 267 g/mol. The Morgan fingerprint density at radius 2 is 1.80 bits per heavy atom. The lowest BCUT2D eigenvalue weighted by Crippen LogP contribution is -2.36. The number of rotatable bonds is 3. The standard InChI is InChI=1S/C16H17N3O/c1-20-14-9-7-12(8-10-14)15-11-18-16(17)19(15)13-5-3-2-4-6-13/h2-10,15H,11H2,1H3,(H2,17,18). The number of methoxy groups -OCH3 is 1. The first-order chi connectivity index (χ1) is 9.79. The van der Waals surface area contributed by atoms with E-state index in [9.17, 15) is 0 Å². The summed E-state index contributed by atoms with van der Waals surface area (Å²) in [4.78, 5) is 6.45. The molecule has 0 spiro atoms. The third-order valence-corrected chi connectivity index (χ3v) is 3.52. The van der Waals surface area contributed by atoms with Gasteiger partial charge in [-0.05, 0) is 29.8 Å². The Balaban J connectivity index is 1.92.